The van der Waals surface area contributed by atoms with Gasteiger partial charge in [0.05, 0.1) is 0 Å². The van der Waals surface area contributed by atoms with Crippen LogP contribution < -0.4 is 15.4 Å². The van der Waals surface area contributed by atoms with Gasteiger partial charge in [-0.05, 0) is 47.7 Å². The van der Waals surface area contributed by atoms with Crippen LogP contribution >= 0.6 is 11.3 Å². The Kier molecular flexibility index (Phi) is 7.35. The highest BCUT2D eigenvalue weighted by atomic mass is 32.1. The van der Waals surface area contributed by atoms with Crippen molar-refractivity contribution in [3.63, 3.8) is 0 Å². The van der Waals surface area contributed by atoms with Crippen LogP contribution in [-0.2, 0) is 11.4 Å². The molecular weight excluding hydrogens is 391 g/mol. The molecule has 0 aliphatic carbocycles. The predicted molar refractivity (Wildman–Crippen MR) is 112 cm³/mol. The number of anilines is 1. The highest BCUT2D eigenvalue weighted by Crippen LogP contribution is 2.16. The van der Waals surface area contributed by atoms with Crippen LogP contribution in [0.3, 0.4) is 0 Å². The largest absolute Gasteiger partial charge is 0.489 e. The van der Waals surface area contributed by atoms with E-state index in [1.807, 2.05) is 23.6 Å². The zero-order valence-corrected chi connectivity index (χ0v) is 16.5. The Hall–Kier alpha value is -3.19. The minimum Gasteiger partial charge on any atom is -0.489 e. The lowest BCUT2D eigenvalue weighted by Crippen LogP contribution is -2.25. The molecule has 29 heavy (non-hydrogen) atoms. The number of amides is 2. The van der Waals surface area contributed by atoms with Crippen LogP contribution in [0.5, 0.6) is 5.75 Å². The van der Waals surface area contributed by atoms with E-state index in [1.165, 1.54) is 23.5 Å². The van der Waals surface area contributed by atoms with Crippen LogP contribution in [0.1, 0.15) is 28.8 Å². The number of thiophene rings is 1. The van der Waals surface area contributed by atoms with Gasteiger partial charge in [0.25, 0.3) is 5.91 Å². The first-order valence-electron chi connectivity index (χ1n) is 9.18. The van der Waals surface area contributed by atoms with Crippen molar-refractivity contribution in [3.8, 4) is 5.75 Å². The summed E-state index contributed by atoms with van der Waals surface area (Å²) in [7, 11) is 0. The van der Waals surface area contributed by atoms with Crippen molar-refractivity contribution in [2.24, 2.45) is 0 Å². The molecule has 150 valence electrons. The normalized spacial score (nSPS) is 10.4. The van der Waals surface area contributed by atoms with E-state index in [4.69, 9.17) is 4.74 Å². The molecule has 3 aromatic rings. The van der Waals surface area contributed by atoms with Gasteiger partial charge in [-0.15, -0.1) is 0 Å². The number of rotatable bonds is 9. The van der Waals surface area contributed by atoms with E-state index in [-0.39, 0.29) is 24.2 Å². The molecule has 2 amide bonds. The van der Waals surface area contributed by atoms with E-state index in [2.05, 4.69) is 10.6 Å². The number of carbonyl (C=O) groups is 2. The fraction of sp³-hybridized carbons (Fsp3) is 0.182. The predicted octanol–water partition coefficient (Wildman–Crippen LogP) is 4.61. The van der Waals surface area contributed by atoms with Gasteiger partial charge >= 0.3 is 0 Å². The molecule has 0 atom stereocenters. The van der Waals surface area contributed by atoms with Crippen LogP contribution in [0.4, 0.5) is 10.1 Å². The Balaban J connectivity index is 1.41. The maximum Gasteiger partial charge on any atom is 0.252 e. The Morgan fingerprint density at radius 2 is 1.93 bits per heavy atom. The monoisotopic (exact) mass is 412 g/mol. The molecule has 0 radical (unpaired) electrons. The molecule has 1 heterocycles. The fourth-order valence-corrected chi connectivity index (χ4v) is 3.27. The van der Waals surface area contributed by atoms with Crippen LogP contribution in [0, 0.1) is 5.82 Å². The van der Waals surface area contributed by atoms with Crippen LogP contribution in [0.15, 0.2) is 65.4 Å². The molecule has 0 aliphatic rings. The van der Waals surface area contributed by atoms with Gasteiger partial charge in [-0.25, -0.2) is 4.39 Å². The molecule has 5 nitrogen and oxygen atoms in total. The average molecular weight is 412 g/mol. The Morgan fingerprint density at radius 3 is 2.72 bits per heavy atom. The number of ether oxygens (including phenoxy) is 1. The summed E-state index contributed by atoms with van der Waals surface area (Å²) in [5.41, 5.74) is 2.16. The van der Waals surface area contributed by atoms with Crippen molar-refractivity contribution in [3.05, 3.63) is 82.3 Å². The van der Waals surface area contributed by atoms with Gasteiger partial charge in [0.15, 0.2) is 0 Å². The summed E-state index contributed by atoms with van der Waals surface area (Å²) < 4.78 is 18.8. The standard InChI is InChI=1S/C22H21FN2O3S/c23-18-5-2-7-20(13-18)28-14-16-4-1-6-19(12-16)25-21(26)8-3-10-24-22(27)17-9-11-29-15-17/h1-2,4-7,9,11-13,15H,3,8,10,14H2,(H,24,27)(H,25,26). The summed E-state index contributed by atoms with van der Waals surface area (Å²) in [5, 5.41) is 9.27. The van der Waals surface area contributed by atoms with Crippen molar-refractivity contribution in [2.75, 3.05) is 11.9 Å². The quantitative estimate of drug-likeness (QED) is 0.504. The summed E-state index contributed by atoms with van der Waals surface area (Å²) in [4.78, 5) is 23.9. The van der Waals surface area contributed by atoms with E-state index < -0.39 is 0 Å². The van der Waals surface area contributed by atoms with Gasteiger partial charge in [-0.3, -0.25) is 9.59 Å². The summed E-state index contributed by atoms with van der Waals surface area (Å²) in [6.45, 7) is 0.700. The highest BCUT2D eigenvalue weighted by Gasteiger charge is 2.07. The van der Waals surface area contributed by atoms with Gasteiger partial charge in [0.2, 0.25) is 5.91 Å². The number of benzene rings is 2. The van der Waals surface area contributed by atoms with Crippen molar-refractivity contribution in [2.45, 2.75) is 19.4 Å². The zero-order chi connectivity index (χ0) is 20.5. The maximum atomic E-state index is 13.2. The van der Waals surface area contributed by atoms with Gasteiger partial charge in [-0.1, -0.05) is 18.2 Å². The van der Waals surface area contributed by atoms with Crippen molar-refractivity contribution in [1.82, 2.24) is 5.32 Å². The minimum absolute atomic E-state index is 0.127. The summed E-state index contributed by atoms with van der Waals surface area (Å²) >= 11 is 1.47. The first-order valence-corrected chi connectivity index (χ1v) is 10.1. The average Bonchev–Trinajstić information content (AvgIpc) is 3.25. The third kappa shape index (κ3) is 6.73. The number of carbonyl (C=O) groups excluding carboxylic acids is 2. The van der Waals surface area contributed by atoms with E-state index in [0.717, 1.165) is 5.56 Å². The first kappa shape index (κ1) is 20.5. The van der Waals surface area contributed by atoms with Crippen LogP contribution in [0.25, 0.3) is 0 Å². The van der Waals surface area contributed by atoms with Crippen molar-refractivity contribution < 1.29 is 18.7 Å². The summed E-state index contributed by atoms with van der Waals surface area (Å²) in [6.07, 6.45) is 0.845. The molecule has 0 aliphatic heterocycles. The van der Waals surface area contributed by atoms with Gasteiger partial charge in [0, 0.05) is 35.7 Å². The second-order valence-electron chi connectivity index (χ2n) is 6.37. The zero-order valence-electron chi connectivity index (χ0n) is 15.7. The van der Waals surface area contributed by atoms with Gasteiger partial charge in [-0.2, -0.15) is 11.3 Å². The highest BCUT2D eigenvalue weighted by molar-refractivity contribution is 7.08. The molecule has 0 unspecified atom stereocenters. The molecule has 2 N–H and O–H groups in total. The molecule has 2 aromatic carbocycles. The third-order valence-electron chi connectivity index (χ3n) is 4.06. The molecule has 0 spiro atoms. The van der Waals surface area contributed by atoms with Crippen LogP contribution in [-0.4, -0.2) is 18.4 Å². The maximum absolute atomic E-state index is 13.2. The molecule has 3 rings (SSSR count). The van der Waals surface area contributed by atoms with E-state index in [9.17, 15) is 14.0 Å². The number of hydrogen-bond acceptors (Lipinski definition) is 4. The molecule has 0 saturated heterocycles. The minimum atomic E-state index is -0.352. The SMILES string of the molecule is O=C(CCCNC(=O)c1ccsc1)Nc1cccc(COc2cccc(F)c2)c1. The number of nitrogens with one attached hydrogen (secondary N) is 2. The topological polar surface area (TPSA) is 67.4 Å². The lowest BCUT2D eigenvalue weighted by atomic mass is 10.2. The smallest absolute Gasteiger partial charge is 0.252 e. The van der Waals surface area contributed by atoms with E-state index in [0.29, 0.717) is 36.4 Å². The Morgan fingerprint density at radius 1 is 1.07 bits per heavy atom. The summed E-state index contributed by atoms with van der Waals surface area (Å²) in [6, 6.07) is 15.0. The molecule has 7 heteroatoms. The Labute approximate surface area is 172 Å². The molecule has 0 fully saturated rings. The lowest BCUT2D eigenvalue weighted by Gasteiger charge is -2.09. The third-order valence-corrected chi connectivity index (χ3v) is 4.75. The molecular formula is C22H21FN2O3S. The van der Waals surface area contributed by atoms with E-state index in [1.54, 1.807) is 29.6 Å². The Bertz CT molecular complexity index is 960. The second-order valence-corrected chi connectivity index (χ2v) is 7.15. The molecule has 0 saturated carbocycles. The van der Waals surface area contributed by atoms with E-state index >= 15 is 0 Å². The molecule has 1 aromatic heterocycles. The lowest BCUT2D eigenvalue weighted by molar-refractivity contribution is -0.116. The fourth-order valence-electron chi connectivity index (χ4n) is 2.63. The van der Waals surface area contributed by atoms with Crippen molar-refractivity contribution >= 4 is 28.8 Å². The summed E-state index contributed by atoms with van der Waals surface area (Å²) in [5.74, 6) is -0.158. The van der Waals surface area contributed by atoms with Crippen molar-refractivity contribution in [1.29, 1.82) is 0 Å². The number of hydrogen-bond donors (Lipinski definition) is 2. The first-order chi connectivity index (χ1) is 14.1. The second kappa shape index (κ2) is 10.4. The molecule has 0 bridgehead atoms. The van der Waals surface area contributed by atoms with Crippen LogP contribution in [0.2, 0.25) is 0 Å². The van der Waals surface area contributed by atoms with Gasteiger partial charge in [0.1, 0.15) is 18.2 Å². The van der Waals surface area contributed by atoms with Gasteiger partial charge < -0.3 is 15.4 Å². The number of halogens is 1.